The predicted octanol–water partition coefficient (Wildman–Crippen LogP) is 15.9. The number of hydrogen-bond acceptors (Lipinski definition) is 20. The molecule has 0 spiro atoms. The molecule has 3 saturated carbocycles. The Morgan fingerprint density at radius 2 is 0.806 bits per heavy atom. The number of Topliss-reactive ketones (excluding diaryl/α,β-unsaturated/α-hetero) is 3. The number of carbonyl (C=O) groups is 3. The average Bonchev–Trinajstić information content (AvgIpc) is 1.63. The number of nitrogens with zero attached hydrogens (tertiary/aromatic N) is 10. The van der Waals surface area contributed by atoms with Crippen molar-refractivity contribution in [2.45, 2.75) is 103 Å². The van der Waals surface area contributed by atoms with Crippen molar-refractivity contribution in [3.63, 3.8) is 0 Å². The number of non-ortho nitro benzene ring substituents is 2. The molecular weight excluding hydrogens is 1630 g/mol. The van der Waals surface area contributed by atoms with Gasteiger partial charge in [0.05, 0.1) is 69.2 Å². The highest BCUT2D eigenvalue weighted by Crippen LogP contribution is 2.35. The largest absolute Gasteiger partial charge is 0.399 e. The Labute approximate surface area is 732 Å². The van der Waals surface area contributed by atoms with E-state index in [1.54, 1.807) is 113 Å². The van der Waals surface area contributed by atoms with Crippen LogP contribution in [0.15, 0.2) is 237 Å². The molecule has 3 heterocycles. The number of halogens is 2. The lowest BCUT2D eigenvalue weighted by atomic mass is 9.95. The zero-order valence-corrected chi connectivity index (χ0v) is 71.6. The number of hydrogen-bond donors (Lipinski definition) is 9. The summed E-state index contributed by atoms with van der Waals surface area (Å²) in [4.78, 5) is 68.6. The van der Waals surface area contributed by atoms with Gasteiger partial charge in [0.25, 0.3) is 11.4 Å². The van der Waals surface area contributed by atoms with Crippen molar-refractivity contribution in [2.24, 2.45) is 40.7 Å². The molecule has 3 fully saturated rings. The molecule has 9 aromatic carbocycles. The Hall–Kier alpha value is -12.4. The molecule has 0 bridgehead atoms. The number of nitrogens with two attached hydrogens (primary N) is 5. The number of carbonyl (C=O) groups excluding carboxylic acids is 3. The molecule has 0 aliphatic heterocycles. The van der Waals surface area contributed by atoms with E-state index in [-0.39, 0.29) is 58.6 Å². The number of ketones is 3. The maximum Gasteiger partial charge on any atom is 0.269 e. The van der Waals surface area contributed by atoms with Gasteiger partial charge in [0, 0.05) is 103 Å². The number of rotatable bonds is 32. The van der Waals surface area contributed by atoms with E-state index < -0.39 is 20.3 Å². The number of nitrogen functional groups attached to an aromatic ring is 1. The first-order valence-electron chi connectivity index (χ1n) is 40.7. The number of anilines is 1. The third kappa shape index (κ3) is 28.6. The first kappa shape index (κ1) is 93.9. The van der Waals surface area contributed by atoms with E-state index in [0.29, 0.717) is 99.9 Å². The molecule has 12 aromatic rings. The lowest BCUT2D eigenvalue weighted by Gasteiger charge is -2.21. The Kier molecular flexibility index (Phi) is 35.4. The molecule has 27 nitrogen and oxygen atoms in total. The van der Waals surface area contributed by atoms with Crippen LogP contribution in [0.2, 0.25) is 0 Å². The fraction of sp³-hybridized carbons (Fsp3) is 0.277. The molecule has 3 aliphatic rings. The normalized spacial score (nSPS) is 13.2. The standard InChI is InChI=1S/C30H27N5O3.C30H33N5O.C26H20N4O4.C4H13N3.C4H9N.Cl2OS/c1-20-14-28(34(33-20)26-10-5-9-25(18-26)31-2)29(36)16-22-6-3-7-23(15-22)30(32-19-21-12-13-21)24-8-4-11-27(17-24)35(37)38;1-20-13-28(35(34-20)27-10-3-6-23(15-27)18-31)29(36)16-22-5-2-7-24(14-22)30(33-19-21-11-12-21)25-8-4-9-26(32)17-25;1-17-12-24(29(28-17)22-10-5-9-21(16-22)27-2)25(31)14-18-6-3-7-19(13-18)26(32)20-8-4-11-23(15-20)30(33)34;5-1-3-7-4-2-6;5-3-4-1-2-4;1-4(2)3/h3-11,14-15,17-18,21,30,32H,12-13,16,19H2,1H3;2-10,13-15,17,21,30,33H,11-12,16,18-19,31-32H2,1H3;3-13,15-16,26,32H,14H2,1H3;7H,1-6H2;4H,1-3,5H2;. The van der Waals surface area contributed by atoms with Crippen molar-refractivity contribution < 1.29 is 33.5 Å². The van der Waals surface area contributed by atoms with Crippen LogP contribution >= 0.6 is 21.4 Å². The van der Waals surface area contributed by atoms with Crippen LogP contribution in [-0.4, -0.2) is 112 Å². The summed E-state index contributed by atoms with van der Waals surface area (Å²) in [5.74, 6) is 2.06. The fourth-order valence-corrected chi connectivity index (χ4v) is 13.7. The SMILES string of the molecule is Cc1cc(C(=O)Cc2cccc(C(NCC3CC3)c3cccc(N)c3)c2)n(-c2cccc(CN)c2)n1.NCC1CC1.NCCNCCN.O=S(Cl)Cl.[C-]#[N+]c1cccc(-n2nc(C)cc2C(=O)Cc2cccc(C(NCC3CC3)c3cccc([N+](=O)[O-])c3)c2)c1.[C-]#[N+]c1cccc(-n2nc(C)cc2C(=O)Cc2cccc(C(O)c3cccc([N+](=O)[O-])c3)c2)c1. The molecule has 0 saturated heterocycles. The van der Waals surface area contributed by atoms with Gasteiger partial charge in [-0.1, -0.05) is 146 Å². The minimum atomic E-state index is -1.67. The van der Waals surface area contributed by atoms with Crippen LogP contribution < -0.4 is 44.6 Å². The highest BCUT2D eigenvalue weighted by Gasteiger charge is 2.28. The zero-order chi connectivity index (χ0) is 88.8. The zero-order valence-electron chi connectivity index (χ0n) is 69.2. The van der Waals surface area contributed by atoms with E-state index in [9.17, 15) is 39.7 Å². The van der Waals surface area contributed by atoms with Crippen molar-refractivity contribution in [2.75, 3.05) is 51.5 Å². The summed E-state index contributed by atoms with van der Waals surface area (Å²) < 4.78 is 13.9. The number of aromatic nitrogens is 6. The van der Waals surface area contributed by atoms with E-state index in [4.69, 9.17) is 46.0 Å². The first-order valence-corrected chi connectivity index (χ1v) is 43.5. The van der Waals surface area contributed by atoms with Gasteiger partial charge < -0.3 is 49.7 Å². The van der Waals surface area contributed by atoms with Crippen molar-refractivity contribution in [3.05, 3.63) is 369 Å². The summed E-state index contributed by atoms with van der Waals surface area (Å²) in [6.07, 6.45) is 7.19. The predicted molar refractivity (Wildman–Crippen MR) is 488 cm³/mol. The third-order valence-electron chi connectivity index (χ3n) is 20.4. The van der Waals surface area contributed by atoms with Gasteiger partial charge in [-0.2, -0.15) is 15.3 Å². The van der Waals surface area contributed by atoms with Crippen LogP contribution in [0.3, 0.4) is 0 Å². The maximum absolute atomic E-state index is 13.5. The highest BCUT2D eigenvalue weighted by atomic mass is 36.0. The molecule has 3 atom stereocenters. The van der Waals surface area contributed by atoms with Crippen molar-refractivity contribution >= 4 is 76.4 Å². The molecular formula is C94H102Cl2N18O9S. The molecule has 14 N–H and O–H groups in total. The fourth-order valence-electron chi connectivity index (χ4n) is 13.7. The van der Waals surface area contributed by atoms with Gasteiger partial charge in [-0.25, -0.2) is 27.9 Å². The molecule has 3 aromatic heterocycles. The Morgan fingerprint density at radius 1 is 0.476 bits per heavy atom. The van der Waals surface area contributed by atoms with Gasteiger partial charge in [-0.15, -0.1) is 0 Å². The minimum Gasteiger partial charge on any atom is -0.399 e. The average molecular weight is 1730 g/mol. The van der Waals surface area contributed by atoms with Gasteiger partial charge in [-0.05, 0) is 219 Å². The van der Waals surface area contributed by atoms with Crippen LogP contribution in [0.4, 0.5) is 28.4 Å². The van der Waals surface area contributed by atoms with Crippen LogP contribution in [0, 0.1) is 71.9 Å². The summed E-state index contributed by atoms with van der Waals surface area (Å²) in [5.41, 5.74) is 43.3. The number of aryl methyl sites for hydroxylation is 3. The molecule has 3 unspecified atom stereocenters. The number of nitro benzene ring substituents is 2. The van der Waals surface area contributed by atoms with E-state index in [2.05, 4.69) is 80.5 Å². The number of benzene rings is 9. The molecule has 642 valence electrons. The number of aliphatic hydroxyl groups excluding tert-OH is 1. The number of nitro groups is 2. The van der Waals surface area contributed by atoms with Crippen LogP contribution in [0.5, 0.6) is 0 Å². The lowest BCUT2D eigenvalue weighted by Crippen LogP contribution is -2.27. The molecule has 124 heavy (non-hydrogen) atoms. The lowest BCUT2D eigenvalue weighted by molar-refractivity contribution is -0.385. The molecule has 3 aliphatic carbocycles. The van der Waals surface area contributed by atoms with Gasteiger partial charge >= 0.3 is 0 Å². The topological polar surface area (TPSA) is 403 Å². The minimum absolute atomic E-state index is 0.0240. The van der Waals surface area contributed by atoms with E-state index in [1.807, 2.05) is 111 Å². The smallest absolute Gasteiger partial charge is 0.269 e. The second-order valence-corrected chi connectivity index (χ2v) is 33.0. The summed E-state index contributed by atoms with van der Waals surface area (Å²) in [6, 6.07) is 70.5. The Morgan fingerprint density at radius 3 is 1.17 bits per heavy atom. The number of nitrogens with one attached hydrogen (secondary N) is 3. The van der Waals surface area contributed by atoms with Crippen molar-refractivity contribution in [3.8, 4) is 17.1 Å². The summed E-state index contributed by atoms with van der Waals surface area (Å²) in [5, 5.41) is 57.1. The summed E-state index contributed by atoms with van der Waals surface area (Å²) in [7, 11) is 7.36. The maximum atomic E-state index is 13.5. The van der Waals surface area contributed by atoms with E-state index in [0.717, 1.165) is 101 Å². The van der Waals surface area contributed by atoms with Gasteiger partial charge in [0.1, 0.15) is 23.2 Å². The number of aliphatic hydroxyl groups is 1. The van der Waals surface area contributed by atoms with Gasteiger partial charge in [-0.3, -0.25) is 34.6 Å². The molecule has 0 radical (unpaired) electrons. The van der Waals surface area contributed by atoms with Gasteiger partial charge in [0.2, 0.25) is 9.23 Å². The van der Waals surface area contributed by atoms with Crippen LogP contribution in [0.25, 0.3) is 26.8 Å². The van der Waals surface area contributed by atoms with E-state index in [1.165, 1.54) is 67.5 Å². The van der Waals surface area contributed by atoms with Gasteiger partial charge in [0.15, 0.2) is 28.7 Å². The van der Waals surface area contributed by atoms with Crippen LogP contribution in [-0.2, 0) is 35.0 Å². The molecule has 30 heteroatoms. The molecule has 15 rings (SSSR count). The quantitative estimate of drug-likeness (QED) is 0.00360. The Bertz CT molecular complexity index is 5760. The second-order valence-electron chi connectivity index (χ2n) is 30.5. The Balaban J connectivity index is 0.000000178. The summed E-state index contributed by atoms with van der Waals surface area (Å²) in [6.45, 7) is 26.3. The third-order valence-corrected chi connectivity index (χ3v) is 20.4. The van der Waals surface area contributed by atoms with E-state index >= 15 is 0 Å². The second kappa shape index (κ2) is 46.7. The highest BCUT2D eigenvalue weighted by molar-refractivity contribution is 8.26. The first-order chi connectivity index (χ1) is 59.8. The van der Waals surface area contributed by atoms with Crippen molar-refractivity contribution in [1.29, 1.82) is 0 Å². The molecule has 0 amide bonds. The monoisotopic (exact) mass is 1730 g/mol. The van der Waals surface area contributed by atoms with Crippen LogP contribution in [0.1, 0.15) is 161 Å². The van der Waals surface area contributed by atoms with Crippen molar-refractivity contribution in [1.82, 2.24) is 45.3 Å². The summed E-state index contributed by atoms with van der Waals surface area (Å²) >= 11 is 0.